The molecule has 0 fully saturated rings. The van der Waals surface area contributed by atoms with Gasteiger partial charge in [-0.1, -0.05) is 35.8 Å². The van der Waals surface area contributed by atoms with Gasteiger partial charge in [0.25, 0.3) is 0 Å². The Balaban J connectivity index is 0.000000483. The zero-order valence-corrected chi connectivity index (χ0v) is 17.4. The molecule has 27 heavy (non-hydrogen) atoms. The zero-order chi connectivity index (χ0) is 19.4. The van der Waals surface area contributed by atoms with E-state index in [0.29, 0.717) is 22.9 Å². The molecule has 0 aliphatic carbocycles. The fourth-order valence-corrected chi connectivity index (χ4v) is 2.01. The molecule has 0 spiro atoms. The molecule has 0 saturated heterocycles. The Bertz CT molecular complexity index is 671. The summed E-state index contributed by atoms with van der Waals surface area (Å²) in [6, 6.07) is 14.4. The van der Waals surface area contributed by atoms with E-state index in [1.807, 2.05) is 24.3 Å². The Morgan fingerprint density at radius 3 is 1.41 bits per heavy atom. The van der Waals surface area contributed by atoms with Gasteiger partial charge in [-0.05, 0) is 24.3 Å². The van der Waals surface area contributed by atoms with Gasteiger partial charge in [0.1, 0.15) is 11.5 Å². The summed E-state index contributed by atoms with van der Waals surface area (Å²) >= 11 is 9.20. The van der Waals surface area contributed by atoms with Crippen LogP contribution in [0.5, 0.6) is 11.5 Å². The third-order valence-electron chi connectivity index (χ3n) is 3.02. The van der Waals surface area contributed by atoms with Crippen LogP contribution >= 0.6 is 0 Å². The second-order valence-electron chi connectivity index (χ2n) is 4.79. The smallest absolute Gasteiger partial charge is 0.783 e. The van der Waals surface area contributed by atoms with E-state index in [1.54, 1.807) is 38.5 Å². The molecule has 2 aromatic carbocycles. The van der Waals surface area contributed by atoms with Gasteiger partial charge in [-0.3, -0.25) is 9.59 Å². The molecule has 2 rings (SSSR count). The summed E-state index contributed by atoms with van der Waals surface area (Å²) in [6.07, 6.45) is 0. The van der Waals surface area contributed by atoms with Crippen LogP contribution < -0.4 is 20.1 Å². The molecule has 1 radical (unpaired) electrons. The summed E-state index contributed by atoms with van der Waals surface area (Å²) in [5, 5.41) is 5.29. The number of carbonyl (C=O) groups is 2. The molecular weight excluding hydrogens is 436 g/mol. The summed E-state index contributed by atoms with van der Waals surface area (Å²) in [6.45, 7) is 0. The van der Waals surface area contributed by atoms with Crippen molar-refractivity contribution in [1.82, 2.24) is 0 Å². The predicted octanol–water partition coefficient (Wildman–Crippen LogP) is 2.36. The third-order valence-corrected chi connectivity index (χ3v) is 3.55. The molecule has 0 aliphatic heterocycles. The molecule has 2 N–H and O–H groups in total. The zero-order valence-electron chi connectivity index (χ0n) is 14.8. The van der Waals surface area contributed by atoms with E-state index in [2.05, 4.69) is 35.9 Å². The van der Waals surface area contributed by atoms with E-state index in [0.717, 1.165) is 0 Å². The predicted molar refractivity (Wildman–Crippen MR) is 108 cm³/mol. The Hall–Kier alpha value is -1.80. The summed E-state index contributed by atoms with van der Waals surface area (Å²) < 4.78 is 10.1. The molecule has 0 atom stereocenters. The molecule has 0 aliphatic rings. The van der Waals surface area contributed by atoms with Crippen LogP contribution in [0.15, 0.2) is 48.5 Å². The first-order valence-corrected chi connectivity index (χ1v) is 8.73. The van der Waals surface area contributed by atoms with Crippen LogP contribution in [-0.4, -0.2) is 37.5 Å². The minimum Gasteiger partial charge on any atom is -0.783 e. The molecule has 0 bridgehead atoms. The number of amides is 2. The first-order chi connectivity index (χ1) is 12.5. The standard InChI is InChI=1S/2C9H11NO2S.Cu/c2*1-12-8-5-3-2-4-7(8)10-9(11)6-13;/h2*2-5,13H,6H2,1H3,(H,10,11);/q;;+2/p-2. The van der Waals surface area contributed by atoms with Crippen molar-refractivity contribution in [2.24, 2.45) is 0 Å². The van der Waals surface area contributed by atoms with Crippen LogP contribution in [0.1, 0.15) is 0 Å². The number of carbonyl (C=O) groups excluding carboxylic acids is 2. The number of nitrogens with one attached hydrogen (secondary N) is 2. The minimum absolute atomic E-state index is 0. The molecule has 0 saturated carbocycles. The van der Waals surface area contributed by atoms with Crippen LogP contribution in [0, 0.1) is 0 Å². The Morgan fingerprint density at radius 2 is 1.11 bits per heavy atom. The van der Waals surface area contributed by atoms with Gasteiger partial charge in [0.05, 0.1) is 25.6 Å². The van der Waals surface area contributed by atoms with Crippen molar-refractivity contribution in [3.8, 4) is 11.5 Å². The maximum Gasteiger partial charge on any atom is 2.00 e. The van der Waals surface area contributed by atoms with E-state index in [9.17, 15) is 9.59 Å². The Kier molecular flexibility index (Phi) is 13.3. The molecule has 0 heterocycles. The van der Waals surface area contributed by atoms with Crippen molar-refractivity contribution in [3.63, 3.8) is 0 Å². The molecule has 0 unspecified atom stereocenters. The number of hydrogen-bond donors (Lipinski definition) is 2. The summed E-state index contributed by atoms with van der Waals surface area (Å²) in [4.78, 5) is 22.0. The van der Waals surface area contributed by atoms with Gasteiger partial charge < -0.3 is 45.4 Å². The van der Waals surface area contributed by atoms with Gasteiger partial charge in [-0.15, -0.1) is 0 Å². The summed E-state index contributed by atoms with van der Waals surface area (Å²) in [5.74, 6) is 0.994. The van der Waals surface area contributed by atoms with Crippen molar-refractivity contribution in [2.45, 2.75) is 0 Å². The quantitative estimate of drug-likeness (QED) is 0.514. The second kappa shape index (κ2) is 14.3. The Morgan fingerprint density at radius 1 is 0.778 bits per heavy atom. The number of anilines is 2. The molecule has 6 nitrogen and oxygen atoms in total. The van der Waals surface area contributed by atoms with Gasteiger partial charge in [-0.25, -0.2) is 0 Å². The van der Waals surface area contributed by atoms with E-state index in [1.165, 1.54) is 0 Å². The van der Waals surface area contributed by atoms with Crippen molar-refractivity contribution in [3.05, 3.63) is 48.5 Å². The SMILES string of the molecule is COc1ccccc1NC(=O)C[S-].COc1ccccc1NC(=O)C[S-].[Cu+2]. The normalized spacial score (nSPS) is 9.04. The largest absolute Gasteiger partial charge is 2.00 e. The Labute approximate surface area is 180 Å². The average Bonchev–Trinajstić information content (AvgIpc) is 2.69. The van der Waals surface area contributed by atoms with Crippen LogP contribution in [0.4, 0.5) is 11.4 Å². The van der Waals surface area contributed by atoms with E-state index in [-0.39, 0.29) is 40.4 Å². The van der Waals surface area contributed by atoms with Crippen LogP contribution in [0.2, 0.25) is 0 Å². The molecular formula is C18H20CuN2O4S2. The monoisotopic (exact) mass is 455 g/mol. The fraction of sp³-hybridized carbons (Fsp3) is 0.222. The number of para-hydroxylation sites is 4. The number of hydrogen-bond acceptors (Lipinski definition) is 6. The minimum atomic E-state index is -0.195. The van der Waals surface area contributed by atoms with Crippen molar-refractivity contribution >= 4 is 48.4 Å². The first kappa shape index (κ1) is 25.2. The van der Waals surface area contributed by atoms with Gasteiger partial charge in [0.2, 0.25) is 0 Å². The number of methoxy groups -OCH3 is 2. The summed E-state index contributed by atoms with van der Waals surface area (Å²) in [5.41, 5.74) is 1.31. The fourth-order valence-electron chi connectivity index (χ4n) is 1.87. The number of rotatable bonds is 6. The first-order valence-electron chi connectivity index (χ1n) is 7.57. The molecule has 9 heteroatoms. The second-order valence-corrected chi connectivity index (χ2v) is 5.36. The van der Waals surface area contributed by atoms with Crippen molar-refractivity contribution < 1.29 is 36.1 Å². The van der Waals surface area contributed by atoms with Crippen molar-refractivity contribution in [1.29, 1.82) is 0 Å². The number of benzene rings is 2. The van der Waals surface area contributed by atoms with Crippen molar-refractivity contribution in [2.75, 3.05) is 36.4 Å². The maximum atomic E-state index is 11.0. The number of ether oxygens (including phenoxy) is 2. The van der Waals surface area contributed by atoms with Gasteiger partial charge in [0, 0.05) is 0 Å². The van der Waals surface area contributed by atoms with E-state index < -0.39 is 0 Å². The van der Waals surface area contributed by atoms with E-state index in [4.69, 9.17) is 9.47 Å². The topological polar surface area (TPSA) is 76.7 Å². The van der Waals surface area contributed by atoms with Gasteiger partial charge in [-0.2, -0.15) is 0 Å². The molecule has 2 aromatic rings. The third kappa shape index (κ3) is 9.10. The van der Waals surface area contributed by atoms with Crippen LogP contribution in [0.3, 0.4) is 0 Å². The molecule has 2 amide bonds. The summed E-state index contributed by atoms with van der Waals surface area (Å²) in [7, 11) is 3.11. The maximum absolute atomic E-state index is 11.0. The molecule has 0 aromatic heterocycles. The van der Waals surface area contributed by atoms with E-state index >= 15 is 0 Å². The van der Waals surface area contributed by atoms with Gasteiger partial charge >= 0.3 is 17.1 Å². The van der Waals surface area contributed by atoms with Crippen LogP contribution in [-0.2, 0) is 51.9 Å². The molecule has 149 valence electrons. The average molecular weight is 456 g/mol. The van der Waals surface area contributed by atoms with Crippen LogP contribution in [0.25, 0.3) is 0 Å². The van der Waals surface area contributed by atoms with Gasteiger partial charge in [0.15, 0.2) is 11.8 Å².